The van der Waals surface area contributed by atoms with Gasteiger partial charge >= 0.3 is 0 Å². The number of nitro groups is 1. The van der Waals surface area contributed by atoms with E-state index in [0.717, 1.165) is 5.69 Å². The normalized spacial score (nSPS) is 14.9. The third-order valence-electron chi connectivity index (χ3n) is 2.08. The lowest BCUT2D eigenvalue weighted by Crippen LogP contribution is -2.28. The van der Waals surface area contributed by atoms with E-state index in [1.165, 1.54) is 6.20 Å². The molecule has 76 valence electrons. The maximum atomic E-state index is 10.6. The third kappa shape index (κ3) is 2.01. The van der Waals surface area contributed by atoms with Crippen molar-refractivity contribution in [2.24, 2.45) is 4.99 Å². The fourth-order valence-electron chi connectivity index (χ4n) is 1.34. The smallest absolute Gasteiger partial charge is 0.283 e. The highest BCUT2D eigenvalue weighted by molar-refractivity contribution is 5.80. The molecule has 15 heavy (non-hydrogen) atoms. The topological polar surface area (TPSA) is 58.7 Å². The number of aliphatic imine (C=N–C) groups is 1. The Morgan fingerprint density at radius 1 is 1.33 bits per heavy atom. The summed E-state index contributed by atoms with van der Waals surface area (Å²) in [6.07, 6.45) is 2.86. The summed E-state index contributed by atoms with van der Waals surface area (Å²) in [5.41, 5.74) is 0.995. The summed E-state index contributed by atoms with van der Waals surface area (Å²) in [5.74, 6) is 0. The van der Waals surface area contributed by atoms with E-state index < -0.39 is 4.92 Å². The van der Waals surface area contributed by atoms with E-state index in [-0.39, 0.29) is 12.2 Å². The molecule has 0 aliphatic carbocycles. The molecule has 0 bridgehead atoms. The summed E-state index contributed by atoms with van der Waals surface area (Å²) in [6, 6.07) is 9.43. The fourth-order valence-corrected chi connectivity index (χ4v) is 1.34. The van der Waals surface area contributed by atoms with Crippen molar-refractivity contribution in [1.82, 2.24) is 0 Å². The number of hydrogen-bond acceptors (Lipinski definition) is 4. The van der Waals surface area contributed by atoms with Crippen LogP contribution in [0.4, 0.5) is 5.69 Å². The lowest BCUT2D eigenvalue weighted by atomic mass is 10.3. The molecule has 1 aromatic carbocycles. The van der Waals surface area contributed by atoms with Crippen LogP contribution in [0.3, 0.4) is 0 Å². The quantitative estimate of drug-likeness (QED) is 0.542. The van der Waals surface area contributed by atoms with Crippen molar-refractivity contribution >= 4 is 12.0 Å². The van der Waals surface area contributed by atoms with Crippen LogP contribution in [0.2, 0.25) is 0 Å². The summed E-state index contributed by atoms with van der Waals surface area (Å²) in [6.45, 7) is 0.251. The van der Waals surface area contributed by atoms with Crippen molar-refractivity contribution in [3.05, 3.63) is 52.3 Å². The minimum Gasteiger partial charge on any atom is -0.322 e. The molecule has 2 rings (SSSR count). The maximum absolute atomic E-state index is 10.6. The van der Waals surface area contributed by atoms with Crippen molar-refractivity contribution in [3.63, 3.8) is 0 Å². The molecule has 0 saturated carbocycles. The molecule has 0 saturated heterocycles. The Kier molecular flexibility index (Phi) is 2.45. The van der Waals surface area contributed by atoms with Crippen LogP contribution < -0.4 is 4.90 Å². The summed E-state index contributed by atoms with van der Waals surface area (Å²) in [4.78, 5) is 15.7. The zero-order chi connectivity index (χ0) is 10.7. The fraction of sp³-hybridized carbons (Fsp3) is 0.100. The first-order chi connectivity index (χ1) is 7.27. The second kappa shape index (κ2) is 3.91. The molecule has 0 aromatic heterocycles. The van der Waals surface area contributed by atoms with Crippen LogP contribution >= 0.6 is 0 Å². The van der Waals surface area contributed by atoms with Crippen molar-refractivity contribution in [2.45, 2.75) is 0 Å². The van der Waals surface area contributed by atoms with E-state index >= 15 is 0 Å². The van der Waals surface area contributed by atoms with E-state index in [9.17, 15) is 10.1 Å². The highest BCUT2D eigenvalue weighted by Gasteiger charge is 2.18. The Morgan fingerprint density at radius 3 is 2.73 bits per heavy atom. The van der Waals surface area contributed by atoms with E-state index in [1.807, 2.05) is 30.3 Å². The summed E-state index contributed by atoms with van der Waals surface area (Å²) in [5, 5.41) is 10.6. The van der Waals surface area contributed by atoms with E-state index in [1.54, 1.807) is 11.2 Å². The third-order valence-corrected chi connectivity index (χ3v) is 2.08. The number of para-hydroxylation sites is 1. The Labute approximate surface area is 86.5 Å². The first-order valence-corrected chi connectivity index (χ1v) is 4.46. The number of hydrogen-bond donors (Lipinski definition) is 0. The molecule has 1 heterocycles. The number of rotatable bonds is 2. The van der Waals surface area contributed by atoms with Gasteiger partial charge in [0.15, 0.2) is 0 Å². The van der Waals surface area contributed by atoms with Crippen LogP contribution in [-0.4, -0.2) is 17.8 Å². The molecule has 1 aromatic rings. The molecular formula is C10H9N3O2. The van der Waals surface area contributed by atoms with Gasteiger partial charge in [-0.3, -0.25) is 10.1 Å². The molecule has 1 aliphatic heterocycles. The average Bonchev–Trinajstić information content (AvgIpc) is 2.30. The largest absolute Gasteiger partial charge is 0.322 e. The van der Waals surface area contributed by atoms with E-state index in [2.05, 4.69) is 4.99 Å². The van der Waals surface area contributed by atoms with Crippen LogP contribution in [0.1, 0.15) is 0 Å². The van der Waals surface area contributed by atoms with Crippen molar-refractivity contribution in [2.75, 3.05) is 11.4 Å². The van der Waals surface area contributed by atoms with Crippen molar-refractivity contribution in [1.29, 1.82) is 0 Å². The van der Waals surface area contributed by atoms with Gasteiger partial charge in [-0.2, -0.15) is 0 Å². The van der Waals surface area contributed by atoms with Gasteiger partial charge < -0.3 is 4.90 Å². The summed E-state index contributed by atoms with van der Waals surface area (Å²) in [7, 11) is 0. The van der Waals surface area contributed by atoms with Gasteiger partial charge in [0.1, 0.15) is 12.7 Å². The molecular weight excluding hydrogens is 194 g/mol. The second-order valence-electron chi connectivity index (χ2n) is 3.11. The van der Waals surface area contributed by atoms with Crippen LogP contribution in [-0.2, 0) is 0 Å². The van der Waals surface area contributed by atoms with Gasteiger partial charge in [-0.1, -0.05) is 18.2 Å². The Bertz CT molecular complexity index is 426. The van der Waals surface area contributed by atoms with Gasteiger partial charge in [0.25, 0.3) is 5.70 Å². The van der Waals surface area contributed by atoms with Gasteiger partial charge in [0.05, 0.1) is 11.3 Å². The van der Waals surface area contributed by atoms with Crippen LogP contribution in [0, 0.1) is 10.1 Å². The minimum absolute atomic E-state index is 0.0985. The first kappa shape index (κ1) is 9.39. The number of anilines is 1. The predicted octanol–water partition coefficient (Wildman–Crippen LogP) is 1.65. The second-order valence-corrected chi connectivity index (χ2v) is 3.11. The minimum atomic E-state index is -0.410. The van der Waals surface area contributed by atoms with Crippen molar-refractivity contribution < 1.29 is 4.92 Å². The Hall–Kier alpha value is -2.17. The SMILES string of the molecule is O=[N+]([O-])C1=CN=CN(c2ccccc2)C1. The maximum Gasteiger partial charge on any atom is 0.283 e. The molecule has 0 amide bonds. The first-order valence-electron chi connectivity index (χ1n) is 4.46. The lowest BCUT2D eigenvalue weighted by Gasteiger charge is -2.19. The van der Waals surface area contributed by atoms with Crippen LogP contribution in [0.15, 0.2) is 47.2 Å². The number of nitrogens with zero attached hydrogens (tertiary/aromatic N) is 3. The Morgan fingerprint density at radius 2 is 2.07 bits per heavy atom. The predicted molar refractivity (Wildman–Crippen MR) is 57.4 cm³/mol. The standard InChI is InChI=1S/C10H9N3O2/c14-13(15)10-6-11-8-12(7-10)9-4-2-1-3-5-9/h1-6,8H,7H2. The molecule has 5 nitrogen and oxygen atoms in total. The Balaban J connectivity index is 2.19. The average molecular weight is 203 g/mol. The van der Waals surface area contributed by atoms with Gasteiger partial charge in [-0.25, -0.2) is 4.99 Å². The van der Waals surface area contributed by atoms with Gasteiger partial charge in [0.2, 0.25) is 0 Å². The molecule has 0 unspecified atom stereocenters. The lowest BCUT2D eigenvalue weighted by molar-refractivity contribution is -0.425. The van der Waals surface area contributed by atoms with E-state index in [4.69, 9.17) is 0 Å². The van der Waals surface area contributed by atoms with Crippen LogP contribution in [0.25, 0.3) is 0 Å². The molecule has 1 aliphatic rings. The monoisotopic (exact) mass is 203 g/mol. The van der Waals surface area contributed by atoms with Crippen molar-refractivity contribution in [3.8, 4) is 0 Å². The number of benzene rings is 1. The highest BCUT2D eigenvalue weighted by Crippen LogP contribution is 2.15. The highest BCUT2D eigenvalue weighted by atomic mass is 16.6. The molecule has 0 atom stereocenters. The zero-order valence-corrected chi connectivity index (χ0v) is 7.91. The molecule has 0 N–H and O–H groups in total. The summed E-state index contributed by atoms with van der Waals surface area (Å²) >= 11 is 0. The van der Waals surface area contributed by atoms with Gasteiger partial charge in [0, 0.05) is 5.69 Å². The summed E-state index contributed by atoms with van der Waals surface area (Å²) < 4.78 is 0. The molecule has 0 spiro atoms. The molecule has 0 radical (unpaired) electrons. The zero-order valence-electron chi connectivity index (χ0n) is 7.91. The van der Waals surface area contributed by atoms with Gasteiger partial charge in [-0.05, 0) is 12.1 Å². The molecule has 0 fully saturated rings. The molecule has 5 heteroatoms. The van der Waals surface area contributed by atoms with Gasteiger partial charge in [-0.15, -0.1) is 0 Å². The van der Waals surface area contributed by atoms with E-state index in [0.29, 0.717) is 0 Å². The van der Waals surface area contributed by atoms with Crippen LogP contribution in [0.5, 0.6) is 0 Å².